The summed E-state index contributed by atoms with van der Waals surface area (Å²) in [4.78, 5) is 10.9. The summed E-state index contributed by atoms with van der Waals surface area (Å²) in [5.74, 6) is -1.70. The summed E-state index contributed by atoms with van der Waals surface area (Å²) in [7, 11) is 0. The van der Waals surface area contributed by atoms with Crippen molar-refractivity contribution < 1.29 is 33.3 Å². The molecule has 19 heavy (non-hydrogen) atoms. The molecule has 0 radical (unpaired) electrons. The van der Waals surface area contributed by atoms with E-state index >= 15 is 0 Å². The number of nitrogens with zero attached hydrogens (tertiary/aromatic N) is 1. The molecule has 0 aliphatic heterocycles. The van der Waals surface area contributed by atoms with Crippen molar-refractivity contribution in [2.75, 3.05) is 0 Å². The number of hydrogen-bond acceptors (Lipinski definition) is 4. The minimum Gasteiger partial charge on any atom is -0.478 e. The standard InChI is InChI=1S/C11H8F3NO4/c12-11(13,14)5-1-2-6(7(3-5)10(18)19)9(17)8(16)4-15/h1-3,8-9,16-17H,(H,18,19). The molecule has 0 amide bonds. The lowest BCUT2D eigenvalue weighted by molar-refractivity contribution is -0.137. The molecule has 5 nitrogen and oxygen atoms in total. The van der Waals surface area contributed by atoms with Crippen LogP contribution in [-0.2, 0) is 6.18 Å². The first kappa shape index (κ1) is 14.9. The molecule has 102 valence electrons. The maximum absolute atomic E-state index is 12.4. The summed E-state index contributed by atoms with van der Waals surface area (Å²) >= 11 is 0. The highest BCUT2D eigenvalue weighted by atomic mass is 19.4. The van der Waals surface area contributed by atoms with Gasteiger partial charge in [-0.2, -0.15) is 18.4 Å². The third-order valence-electron chi connectivity index (χ3n) is 2.36. The number of halogens is 3. The van der Waals surface area contributed by atoms with Gasteiger partial charge in [0.05, 0.1) is 17.2 Å². The Kier molecular flexibility index (Phi) is 4.14. The molecule has 0 aliphatic carbocycles. The second-order valence-corrected chi connectivity index (χ2v) is 3.62. The fourth-order valence-electron chi connectivity index (χ4n) is 1.42. The minimum atomic E-state index is -4.73. The lowest BCUT2D eigenvalue weighted by atomic mass is 9.96. The van der Waals surface area contributed by atoms with E-state index < -0.39 is 41.0 Å². The van der Waals surface area contributed by atoms with Gasteiger partial charge in [-0.25, -0.2) is 4.79 Å². The molecule has 8 heteroatoms. The zero-order valence-corrected chi connectivity index (χ0v) is 9.22. The second-order valence-electron chi connectivity index (χ2n) is 3.62. The van der Waals surface area contributed by atoms with E-state index in [1.54, 1.807) is 0 Å². The lowest BCUT2D eigenvalue weighted by Crippen LogP contribution is -2.19. The predicted octanol–water partition coefficient (Wildman–Crippen LogP) is 1.32. The Balaban J connectivity index is 3.36. The number of rotatable bonds is 3. The van der Waals surface area contributed by atoms with Crippen molar-refractivity contribution in [1.82, 2.24) is 0 Å². The van der Waals surface area contributed by atoms with Crippen LogP contribution in [0.4, 0.5) is 13.2 Å². The molecular formula is C11H8F3NO4. The van der Waals surface area contributed by atoms with Crippen molar-refractivity contribution in [3.05, 3.63) is 34.9 Å². The van der Waals surface area contributed by atoms with E-state index in [0.29, 0.717) is 12.1 Å². The molecule has 0 saturated heterocycles. The topological polar surface area (TPSA) is 102 Å². The number of aliphatic hydroxyl groups is 2. The van der Waals surface area contributed by atoms with Crippen LogP contribution in [0.25, 0.3) is 0 Å². The van der Waals surface area contributed by atoms with Gasteiger partial charge in [-0.05, 0) is 17.7 Å². The summed E-state index contributed by atoms with van der Waals surface area (Å²) in [6, 6.07) is 2.89. The van der Waals surface area contributed by atoms with Gasteiger partial charge in [-0.15, -0.1) is 0 Å². The normalized spacial score (nSPS) is 14.5. The Hall–Kier alpha value is -2.11. The molecule has 3 N–H and O–H groups in total. The minimum absolute atomic E-state index is 0.338. The smallest absolute Gasteiger partial charge is 0.416 e. The number of benzene rings is 1. The van der Waals surface area contributed by atoms with Gasteiger partial charge in [0.25, 0.3) is 0 Å². The van der Waals surface area contributed by atoms with Crippen LogP contribution in [0.3, 0.4) is 0 Å². The van der Waals surface area contributed by atoms with Crippen LogP contribution in [0.1, 0.15) is 27.6 Å². The Morgan fingerprint density at radius 3 is 2.32 bits per heavy atom. The van der Waals surface area contributed by atoms with Crippen molar-refractivity contribution in [1.29, 1.82) is 5.26 Å². The fourth-order valence-corrected chi connectivity index (χ4v) is 1.42. The van der Waals surface area contributed by atoms with Gasteiger partial charge in [0.2, 0.25) is 0 Å². The molecule has 2 atom stereocenters. The SMILES string of the molecule is N#CC(O)C(O)c1ccc(C(F)(F)F)cc1C(=O)O. The highest BCUT2D eigenvalue weighted by Gasteiger charge is 2.33. The van der Waals surface area contributed by atoms with E-state index in [4.69, 9.17) is 15.5 Å². The Bertz CT molecular complexity index is 536. The Labute approximate surface area is 105 Å². The first-order chi connectivity index (χ1) is 8.68. The molecule has 1 aromatic carbocycles. The van der Waals surface area contributed by atoms with E-state index in [1.807, 2.05) is 0 Å². The quantitative estimate of drug-likeness (QED) is 0.722. The highest BCUT2D eigenvalue weighted by Crippen LogP contribution is 2.32. The summed E-state index contributed by atoms with van der Waals surface area (Å²) in [5, 5.41) is 35.8. The monoisotopic (exact) mass is 275 g/mol. The van der Waals surface area contributed by atoms with Gasteiger partial charge in [-0.3, -0.25) is 0 Å². The lowest BCUT2D eigenvalue weighted by Gasteiger charge is -2.16. The molecule has 1 aromatic rings. The molecule has 0 aliphatic rings. The molecular weight excluding hydrogens is 267 g/mol. The van der Waals surface area contributed by atoms with Crippen molar-refractivity contribution in [2.45, 2.75) is 18.4 Å². The third-order valence-corrected chi connectivity index (χ3v) is 2.36. The van der Waals surface area contributed by atoms with Crippen LogP contribution in [0.15, 0.2) is 18.2 Å². The van der Waals surface area contributed by atoms with Crippen molar-refractivity contribution in [3.8, 4) is 6.07 Å². The number of nitriles is 1. The number of aromatic carboxylic acids is 1. The number of aliphatic hydroxyl groups excluding tert-OH is 2. The maximum Gasteiger partial charge on any atom is 0.416 e. The first-order valence-corrected chi connectivity index (χ1v) is 4.88. The van der Waals surface area contributed by atoms with Crippen LogP contribution >= 0.6 is 0 Å². The Morgan fingerprint density at radius 1 is 1.32 bits per heavy atom. The van der Waals surface area contributed by atoms with Crippen molar-refractivity contribution in [3.63, 3.8) is 0 Å². The van der Waals surface area contributed by atoms with E-state index in [0.717, 1.165) is 6.07 Å². The zero-order valence-electron chi connectivity index (χ0n) is 9.22. The average Bonchev–Trinajstić information content (AvgIpc) is 2.35. The fraction of sp³-hybridized carbons (Fsp3) is 0.273. The largest absolute Gasteiger partial charge is 0.478 e. The number of carboxylic acids is 1. The van der Waals surface area contributed by atoms with Gasteiger partial charge in [0, 0.05) is 0 Å². The molecule has 0 heterocycles. The van der Waals surface area contributed by atoms with E-state index in [2.05, 4.69) is 0 Å². The van der Waals surface area contributed by atoms with Crippen LogP contribution in [-0.4, -0.2) is 27.4 Å². The molecule has 0 spiro atoms. The van der Waals surface area contributed by atoms with E-state index in [-0.39, 0.29) is 0 Å². The van der Waals surface area contributed by atoms with Gasteiger partial charge in [-0.1, -0.05) is 6.07 Å². The number of carbonyl (C=O) groups is 1. The zero-order chi connectivity index (χ0) is 14.8. The molecule has 1 rings (SSSR count). The van der Waals surface area contributed by atoms with Gasteiger partial charge < -0.3 is 15.3 Å². The summed E-state index contributed by atoms with van der Waals surface area (Å²) in [5.41, 5.74) is -2.49. The van der Waals surface area contributed by atoms with Crippen LogP contribution in [0, 0.1) is 11.3 Å². The molecule has 2 unspecified atom stereocenters. The molecule has 0 fully saturated rings. The van der Waals surface area contributed by atoms with E-state index in [9.17, 15) is 23.1 Å². The number of carboxylic acid groups (broad SMARTS) is 1. The summed E-state index contributed by atoms with van der Waals surface area (Å²) in [6.45, 7) is 0. The predicted molar refractivity (Wildman–Crippen MR) is 55.0 cm³/mol. The summed E-state index contributed by atoms with van der Waals surface area (Å²) < 4.78 is 37.3. The Morgan fingerprint density at radius 2 is 1.89 bits per heavy atom. The number of alkyl halides is 3. The third kappa shape index (κ3) is 3.21. The molecule has 0 bridgehead atoms. The van der Waals surface area contributed by atoms with Crippen LogP contribution < -0.4 is 0 Å². The van der Waals surface area contributed by atoms with Gasteiger partial charge in [0.1, 0.15) is 6.10 Å². The summed E-state index contributed by atoms with van der Waals surface area (Å²) in [6.07, 6.45) is -8.57. The first-order valence-electron chi connectivity index (χ1n) is 4.88. The van der Waals surface area contributed by atoms with E-state index in [1.165, 1.54) is 6.07 Å². The molecule has 0 saturated carbocycles. The second kappa shape index (κ2) is 5.26. The van der Waals surface area contributed by atoms with Crippen molar-refractivity contribution >= 4 is 5.97 Å². The van der Waals surface area contributed by atoms with Crippen LogP contribution in [0.2, 0.25) is 0 Å². The van der Waals surface area contributed by atoms with Gasteiger partial charge in [0.15, 0.2) is 6.10 Å². The van der Waals surface area contributed by atoms with Crippen molar-refractivity contribution in [2.24, 2.45) is 0 Å². The highest BCUT2D eigenvalue weighted by molar-refractivity contribution is 5.90. The average molecular weight is 275 g/mol. The van der Waals surface area contributed by atoms with Gasteiger partial charge >= 0.3 is 12.1 Å². The van der Waals surface area contributed by atoms with Crippen LogP contribution in [0.5, 0.6) is 0 Å². The maximum atomic E-state index is 12.4. The molecule has 0 aromatic heterocycles. The number of hydrogen-bond donors (Lipinski definition) is 3.